The fourth-order valence-electron chi connectivity index (χ4n) is 10.2. The summed E-state index contributed by atoms with van der Waals surface area (Å²) in [5, 5.41) is 4.99. The van der Waals surface area contributed by atoms with Gasteiger partial charge in [0.2, 0.25) is 0 Å². The zero-order valence-corrected chi connectivity index (χ0v) is 46.5. The molecule has 6 fully saturated rings. The zero-order chi connectivity index (χ0) is 50.7. The molecule has 378 valence electrons. The van der Waals surface area contributed by atoms with Gasteiger partial charge in [-0.15, -0.1) is 0 Å². The second-order valence-electron chi connectivity index (χ2n) is 19.9. The van der Waals surface area contributed by atoms with Crippen LogP contribution in [0.5, 0.6) is 0 Å². The molecule has 3 atom stereocenters. The molecule has 3 aromatic heterocycles. The SMILES string of the molecule is CC1CCC12CN(c1cnc(Sc3cccc(Cl)c3Cl)c(N)n1)C2.C[C@H]1CCC12CN(c1cnc(Sc3cccc(Cl)c3Cl)c(N)n1)C2.Nc1nc(N2CC3(CC[C@H]3N)C2)cnc1Sc1cccc(Cl)c1Cl. The smallest absolute Gasteiger partial charge is 0.158 e. The predicted octanol–water partition coefficient (Wildman–Crippen LogP) is 13.0. The summed E-state index contributed by atoms with van der Waals surface area (Å²) in [7, 11) is 0. The molecular weight excluding hydrogens is 1090 g/mol. The second-order valence-corrected chi connectivity index (χ2v) is 25.3. The first-order valence-electron chi connectivity index (χ1n) is 23.7. The topological polar surface area (TPSA) is 191 Å². The van der Waals surface area contributed by atoms with Gasteiger partial charge in [-0.1, -0.05) is 137 Å². The third kappa shape index (κ3) is 10.2. The summed E-state index contributed by atoms with van der Waals surface area (Å²) < 4.78 is 0. The van der Waals surface area contributed by atoms with Gasteiger partial charge in [0, 0.05) is 76.2 Å². The molecule has 13 nitrogen and oxygen atoms in total. The lowest BCUT2D eigenvalue weighted by molar-refractivity contribution is 0.0114. The number of aromatic nitrogens is 6. The molecule has 0 amide bonds. The third-order valence-electron chi connectivity index (χ3n) is 15.6. The van der Waals surface area contributed by atoms with Crippen molar-refractivity contribution in [3.05, 3.63) is 103 Å². The van der Waals surface area contributed by atoms with Crippen LogP contribution in [0.4, 0.5) is 34.9 Å². The molecule has 1 unspecified atom stereocenters. The van der Waals surface area contributed by atoms with Crippen LogP contribution in [-0.2, 0) is 0 Å². The number of nitrogens with zero attached hydrogens (tertiary/aromatic N) is 9. The molecule has 8 N–H and O–H groups in total. The summed E-state index contributed by atoms with van der Waals surface area (Å²) in [5.41, 5.74) is 25.8. The van der Waals surface area contributed by atoms with Crippen LogP contribution in [-0.4, -0.2) is 75.2 Å². The van der Waals surface area contributed by atoms with Gasteiger partial charge < -0.3 is 37.6 Å². The lowest BCUT2D eigenvalue weighted by atomic mass is 9.56. The summed E-state index contributed by atoms with van der Waals surface area (Å²) in [6, 6.07) is 16.8. The highest BCUT2D eigenvalue weighted by molar-refractivity contribution is 8.00. The second kappa shape index (κ2) is 20.9. The van der Waals surface area contributed by atoms with Gasteiger partial charge in [-0.3, -0.25) is 0 Å². The van der Waals surface area contributed by atoms with Gasteiger partial charge in [-0.05, 0) is 86.8 Å². The van der Waals surface area contributed by atoms with E-state index < -0.39 is 0 Å². The number of hydrogen-bond donors (Lipinski definition) is 4. The Kier molecular flexibility index (Phi) is 15.1. The maximum Gasteiger partial charge on any atom is 0.158 e. The van der Waals surface area contributed by atoms with Crippen molar-refractivity contribution in [3.8, 4) is 0 Å². The molecule has 6 aliphatic rings. The quantitative estimate of drug-likeness (QED) is 0.107. The summed E-state index contributed by atoms with van der Waals surface area (Å²) >= 11 is 40.9. The number of anilines is 6. The van der Waals surface area contributed by atoms with Crippen LogP contribution < -0.4 is 37.6 Å². The van der Waals surface area contributed by atoms with Gasteiger partial charge in [0.1, 0.15) is 32.5 Å². The van der Waals surface area contributed by atoms with Crippen molar-refractivity contribution in [1.29, 1.82) is 0 Å². The van der Waals surface area contributed by atoms with Gasteiger partial charge in [-0.2, -0.15) is 0 Å². The molecule has 6 heterocycles. The zero-order valence-electron chi connectivity index (χ0n) is 39.5. The minimum Gasteiger partial charge on any atom is -0.381 e. The normalized spacial score (nSPS) is 21.5. The Labute approximate surface area is 462 Å². The maximum absolute atomic E-state index is 6.23. The molecule has 3 aliphatic carbocycles. The van der Waals surface area contributed by atoms with Crippen LogP contribution in [0.25, 0.3) is 0 Å². The minimum absolute atomic E-state index is 0.290. The first-order valence-corrected chi connectivity index (χ1v) is 28.4. The molecule has 3 aromatic carbocycles. The first kappa shape index (κ1) is 51.9. The van der Waals surface area contributed by atoms with E-state index in [0.717, 1.165) is 89.7 Å². The lowest BCUT2D eigenvalue weighted by Gasteiger charge is -2.60. The Morgan fingerprint density at radius 2 is 0.778 bits per heavy atom. The molecule has 3 saturated heterocycles. The Morgan fingerprint density at radius 3 is 1.01 bits per heavy atom. The van der Waals surface area contributed by atoms with Crippen molar-refractivity contribution >= 4 is 140 Å². The van der Waals surface area contributed by atoms with E-state index in [1.165, 1.54) is 67.4 Å². The van der Waals surface area contributed by atoms with E-state index >= 15 is 0 Å². The van der Waals surface area contributed by atoms with E-state index in [9.17, 15) is 0 Å². The summed E-state index contributed by atoms with van der Waals surface area (Å²) in [4.78, 5) is 36.2. The maximum atomic E-state index is 6.23. The van der Waals surface area contributed by atoms with Gasteiger partial charge in [-0.25, -0.2) is 29.9 Å². The van der Waals surface area contributed by atoms with Crippen molar-refractivity contribution in [3.63, 3.8) is 0 Å². The van der Waals surface area contributed by atoms with Crippen LogP contribution in [0.2, 0.25) is 30.1 Å². The van der Waals surface area contributed by atoms with Crippen LogP contribution in [0.15, 0.2) is 103 Å². The highest BCUT2D eigenvalue weighted by Gasteiger charge is 2.55. The number of rotatable bonds is 9. The van der Waals surface area contributed by atoms with Crippen molar-refractivity contribution in [2.45, 2.75) is 88.2 Å². The van der Waals surface area contributed by atoms with E-state index in [1.54, 1.807) is 36.8 Å². The third-order valence-corrected chi connectivity index (χ3v) is 21.6. The lowest BCUT2D eigenvalue weighted by Crippen LogP contribution is -2.69. The standard InChI is InChI=1S/2C17H18Cl2N4S.C16H17Cl2N5S/c2*1-10-5-6-17(10)8-23(9-17)13-7-21-16(15(20)22-13)24-12-4-2-3-11(18)14(12)19;17-9-2-1-3-10(13(9)18)24-15-14(20)22-12(6-21-15)23-7-16(8-23)5-4-11(16)19/h2*2-4,7,10H,5-6,8-9H2,1H3,(H2,20,22);1-3,6,11H,4-5,7-8,19H2,(H2,20,22)/t10-;;11-/m0.1/s1. The minimum atomic E-state index is 0.290. The molecule has 12 rings (SSSR count). The molecule has 3 aliphatic heterocycles. The molecular formula is C50H53Cl6N13S3. The fourth-order valence-corrected chi connectivity index (χ4v) is 14.1. The highest BCUT2D eigenvalue weighted by Crippen LogP contribution is 2.55. The predicted molar refractivity (Wildman–Crippen MR) is 299 cm³/mol. The Hall–Kier alpha value is -3.55. The van der Waals surface area contributed by atoms with E-state index in [0.29, 0.717) is 79.5 Å². The molecule has 0 bridgehead atoms. The number of halogens is 6. The summed E-state index contributed by atoms with van der Waals surface area (Å²) in [6.45, 7) is 10.8. The van der Waals surface area contributed by atoms with E-state index in [1.807, 2.05) is 36.4 Å². The molecule has 6 aromatic rings. The average Bonchev–Trinajstić information content (AvgIpc) is 3.31. The summed E-state index contributed by atoms with van der Waals surface area (Å²) in [5.74, 6) is 5.41. The summed E-state index contributed by atoms with van der Waals surface area (Å²) in [6.07, 6.45) is 13.0. The van der Waals surface area contributed by atoms with Gasteiger partial charge >= 0.3 is 0 Å². The fraction of sp³-hybridized carbons (Fsp3) is 0.400. The van der Waals surface area contributed by atoms with Crippen LogP contribution >= 0.6 is 105 Å². The van der Waals surface area contributed by atoms with E-state index in [-0.39, 0.29) is 5.41 Å². The number of nitrogen functional groups attached to an aromatic ring is 3. The molecule has 22 heteroatoms. The van der Waals surface area contributed by atoms with E-state index in [4.69, 9.17) is 92.5 Å². The van der Waals surface area contributed by atoms with Crippen molar-refractivity contribution in [2.75, 3.05) is 71.2 Å². The Balaban J connectivity index is 0.000000124. The number of nitrogens with two attached hydrogens (primary N) is 4. The van der Waals surface area contributed by atoms with Gasteiger partial charge in [0.05, 0.1) is 48.7 Å². The number of benzene rings is 3. The monoisotopic (exact) mass is 1140 g/mol. The molecule has 3 saturated carbocycles. The highest BCUT2D eigenvalue weighted by atomic mass is 35.5. The largest absolute Gasteiger partial charge is 0.381 e. The van der Waals surface area contributed by atoms with Crippen LogP contribution in [0, 0.1) is 28.1 Å². The molecule has 3 spiro atoms. The number of hydrogen-bond acceptors (Lipinski definition) is 16. The van der Waals surface area contributed by atoms with Crippen molar-refractivity contribution < 1.29 is 0 Å². The average molecular weight is 1140 g/mol. The van der Waals surface area contributed by atoms with E-state index in [2.05, 4.69) is 58.5 Å². The van der Waals surface area contributed by atoms with Crippen LogP contribution in [0.3, 0.4) is 0 Å². The van der Waals surface area contributed by atoms with Crippen LogP contribution in [0.1, 0.15) is 52.4 Å². The first-order chi connectivity index (χ1) is 34.4. The molecule has 72 heavy (non-hydrogen) atoms. The molecule has 0 radical (unpaired) electrons. The van der Waals surface area contributed by atoms with Gasteiger partial charge in [0.15, 0.2) is 17.5 Å². The van der Waals surface area contributed by atoms with Gasteiger partial charge in [0.25, 0.3) is 0 Å². The van der Waals surface area contributed by atoms with Crippen molar-refractivity contribution in [2.24, 2.45) is 33.8 Å². The Morgan fingerprint density at radius 1 is 0.472 bits per heavy atom. The Bertz CT molecular complexity index is 2690. The van der Waals surface area contributed by atoms with Crippen molar-refractivity contribution in [1.82, 2.24) is 29.9 Å².